The van der Waals surface area contributed by atoms with E-state index in [4.69, 9.17) is 16.3 Å². The molecule has 0 spiro atoms. The third kappa shape index (κ3) is 4.22. The lowest BCUT2D eigenvalue weighted by atomic mass is 10.0. The Morgan fingerprint density at radius 1 is 1.42 bits per heavy atom. The van der Waals surface area contributed by atoms with E-state index in [-0.39, 0.29) is 24.6 Å². The summed E-state index contributed by atoms with van der Waals surface area (Å²) < 4.78 is 5.58. The molecular weight excluding hydrogens is 262 g/mol. The van der Waals surface area contributed by atoms with E-state index in [1.54, 1.807) is 4.90 Å². The molecule has 0 aliphatic rings. The van der Waals surface area contributed by atoms with E-state index in [0.717, 1.165) is 23.2 Å². The van der Waals surface area contributed by atoms with Crippen LogP contribution in [0.1, 0.15) is 31.9 Å². The Balaban J connectivity index is 3.13. The van der Waals surface area contributed by atoms with Gasteiger partial charge >= 0.3 is 0 Å². The first-order valence-corrected chi connectivity index (χ1v) is 7.11. The molecule has 0 atom stereocenters. The summed E-state index contributed by atoms with van der Waals surface area (Å²) in [7, 11) is 0. The number of anilines is 1. The lowest BCUT2D eigenvalue weighted by molar-refractivity contribution is -0.117. The van der Waals surface area contributed by atoms with Gasteiger partial charge in [0.2, 0.25) is 5.91 Å². The van der Waals surface area contributed by atoms with E-state index in [9.17, 15) is 4.79 Å². The summed E-state index contributed by atoms with van der Waals surface area (Å²) in [5.74, 6) is -0.176. The molecule has 0 bridgehead atoms. The Morgan fingerprint density at radius 3 is 2.63 bits per heavy atom. The van der Waals surface area contributed by atoms with Crippen LogP contribution < -0.4 is 4.90 Å². The number of amides is 1. The third-order valence-corrected chi connectivity index (χ3v) is 3.15. The highest BCUT2D eigenvalue weighted by Crippen LogP contribution is 2.26. The maximum absolute atomic E-state index is 12.1. The minimum atomic E-state index is -0.133. The van der Waals surface area contributed by atoms with Crippen molar-refractivity contribution in [2.45, 2.75) is 40.2 Å². The van der Waals surface area contributed by atoms with Crippen molar-refractivity contribution in [1.29, 1.82) is 0 Å². The van der Waals surface area contributed by atoms with E-state index in [0.29, 0.717) is 0 Å². The largest absolute Gasteiger partial charge is 0.358 e. The predicted molar refractivity (Wildman–Crippen MR) is 79.9 cm³/mol. The summed E-state index contributed by atoms with van der Waals surface area (Å²) in [4.78, 5) is 13.7. The fraction of sp³-hybridized carbons (Fsp3) is 0.533. The van der Waals surface area contributed by atoms with Gasteiger partial charge in [-0.05, 0) is 38.3 Å². The fourth-order valence-electron chi connectivity index (χ4n) is 1.95. The first-order chi connectivity index (χ1) is 9.01. The molecule has 4 heteroatoms. The molecule has 0 N–H and O–H groups in total. The molecule has 1 aromatic carbocycles. The monoisotopic (exact) mass is 283 g/mol. The topological polar surface area (TPSA) is 29.5 Å². The molecule has 0 fully saturated rings. The second-order valence-electron chi connectivity index (χ2n) is 4.74. The van der Waals surface area contributed by atoms with Crippen LogP contribution in [0.15, 0.2) is 18.2 Å². The highest BCUT2D eigenvalue weighted by molar-refractivity contribution is 6.29. The maximum Gasteiger partial charge on any atom is 0.243 e. The SMILES string of the molecule is CCc1cccc(C)c1N(COC(C)C)C(=O)CCl. The number of para-hydroxylation sites is 1. The molecule has 0 saturated carbocycles. The molecule has 0 aliphatic heterocycles. The molecule has 0 aliphatic carbocycles. The average Bonchev–Trinajstić information content (AvgIpc) is 2.39. The molecule has 0 unspecified atom stereocenters. The van der Waals surface area contributed by atoms with Gasteiger partial charge < -0.3 is 4.74 Å². The predicted octanol–water partition coefficient (Wildman–Crippen LogP) is 3.51. The van der Waals surface area contributed by atoms with E-state index in [1.165, 1.54) is 0 Å². The number of rotatable bonds is 6. The van der Waals surface area contributed by atoms with Crippen LogP contribution in [0.3, 0.4) is 0 Å². The Kier molecular flexibility index (Phi) is 6.32. The van der Waals surface area contributed by atoms with E-state index < -0.39 is 0 Å². The number of carbonyl (C=O) groups is 1. The number of aryl methyl sites for hydroxylation is 2. The summed E-state index contributed by atoms with van der Waals surface area (Å²) >= 11 is 5.71. The minimum absolute atomic E-state index is 0.0427. The Labute approximate surface area is 120 Å². The highest BCUT2D eigenvalue weighted by atomic mass is 35.5. The van der Waals surface area contributed by atoms with Crippen LogP contribution in [0.4, 0.5) is 5.69 Å². The smallest absolute Gasteiger partial charge is 0.243 e. The Hall–Kier alpha value is -1.06. The second kappa shape index (κ2) is 7.51. The molecule has 106 valence electrons. The number of ether oxygens (including phenoxy) is 1. The van der Waals surface area contributed by atoms with Gasteiger partial charge in [0.1, 0.15) is 12.6 Å². The first kappa shape index (κ1) is 16.0. The van der Waals surface area contributed by atoms with Crippen LogP contribution in [0, 0.1) is 6.92 Å². The number of nitrogens with zero attached hydrogens (tertiary/aromatic N) is 1. The normalized spacial score (nSPS) is 10.8. The summed E-state index contributed by atoms with van der Waals surface area (Å²) in [6, 6.07) is 6.04. The summed E-state index contributed by atoms with van der Waals surface area (Å²) in [5.41, 5.74) is 3.12. The van der Waals surface area contributed by atoms with Gasteiger partial charge in [0.25, 0.3) is 0 Å². The lowest BCUT2D eigenvalue weighted by Gasteiger charge is -2.27. The van der Waals surface area contributed by atoms with Crippen LogP contribution >= 0.6 is 11.6 Å². The van der Waals surface area contributed by atoms with Crippen molar-refractivity contribution >= 4 is 23.2 Å². The van der Waals surface area contributed by atoms with Crippen LogP contribution in [-0.2, 0) is 16.0 Å². The zero-order chi connectivity index (χ0) is 14.4. The minimum Gasteiger partial charge on any atom is -0.358 e. The molecule has 1 amide bonds. The lowest BCUT2D eigenvalue weighted by Crippen LogP contribution is -2.36. The van der Waals surface area contributed by atoms with Gasteiger partial charge in [0.05, 0.1) is 11.8 Å². The van der Waals surface area contributed by atoms with Gasteiger partial charge in [-0.1, -0.05) is 25.1 Å². The van der Waals surface area contributed by atoms with Gasteiger partial charge in [-0.2, -0.15) is 0 Å². The fourth-order valence-corrected chi connectivity index (χ4v) is 2.09. The number of hydrogen-bond donors (Lipinski definition) is 0. The molecule has 0 aromatic heterocycles. The molecular formula is C15H22ClNO2. The molecule has 19 heavy (non-hydrogen) atoms. The first-order valence-electron chi connectivity index (χ1n) is 6.57. The average molecular weight is 284 g/mol. The second-order valence-corrected chi connectivity index (χ2v) is 5.00. The quantitative estimate of drug-likeness (QED) is 0.591. The molecule has 0 heterocycles. The molecule has 1 rings (SSSR count). The maximum atomic E-state index is 12.1. The number of halogens is 1. The molecule has 1 aromatic rings. The van der Waals surface area contributed by atoms with Crippen molar-refractivity contribution in [3.05, 3.63) is 29.3 Å². The van der Waals surface area contributed by atoms with Crippen molar-refractivity contribution in [2.75, 3.05) is 17.5 Å². The van der Waals surface area contributed by atoms with Crippen molar-refractivity contribution in [3.63, 3.8) is 0 Å². The highest BCUT2D eigenvalue weighted by Gasteiger charge is 2.19. The van der Waals surface area contributed by atoms with Crippen molar-refractivity contribution in [3.8, 4) is 0 Å². The van der Waals surface area contributed by atoms with E-state index in [2.05, 4.69) is 6.92 Å². The molecule has 0 saturated heterocycles. The Bertz CT molecular complexity index is 432. The zero-order valence-corrected chi connectivity index (χ0v) is 12.8. The van der Waals surface area contributed by atoms with Gasteiger partial charge in [-0.3, -0.25) is 9.69 Å². The van der Waals surface area contributed by atoms with Gasteiger partial charge in [-0.25, -0.2) is 0 Å². The summed E-state index contributed by atoms with van der Waals surface area (Å²) in [6.07, 6.45) is 0.935. The van der Waals surface area contributed by atoms with Crippen LogP contribution in [0.2, 0.25) is 0 Å². The van der Waals surface area contributed by atoms with E-state index in [1.807, 2.05) is 39.0 Å². The summed E-state index contributed by atoms with van der Waals surface area (Å²) in [5, 5.41) is 0. The molecule has 0 radical (unpaired) electrons. The number of benzene rings is 1. The van der Waals surface area contributed by atoms with Gasteiger partial charge in [0, 0.05) is 0 Å². The van der Waals surface area contributed by atoms with Crippen LogP contribution in [-0.4, -0.2) is 24.6 Å². The Morgan fingerprint density at radius 2 is 2.11 bits per heavy atom. The molecule has 3 nitrogen and oxygen atoms in total. The number of alkyl halides is 1. The van der Waals surface area contributed by atoms with Gasteiger partial charge in [0.15, 0.2) is 0 Å². The van der Waals surface area contributed by atoms with Gasteiger partial charge in [-0.15, -0.1) is 11.6 Å². The van der Waals surface area contributed by atoms with Crippen molar-refractivity contribution in [2.24, 2.45) is 0 Å². The third-order valence-electron chi connectivity index (χ3n) is 2.92. The van der Waals surface area contributed by atoms with E-state index >= 15 is 0 Å². The standard InChI is InChI=1S/C15H22ClNO2/c1-5-13-8-6-7-12(4)15(13)17(14(18)9-16)10-19-11(2)3/h6-8,11H,5,9-10H2,1-4H3. The number of hydrogen-bond acceptors (Lipinski definition) is 2. The van der Waals surface area contributed by atoms with Crippen molar-refractivity contribution < 1.29 is 9.53 Å². The van der Waals surface area contributed by atoms with Crippen molar-refractivity contribution in [1.82, 2.24) is 0 Å². The number of carbonyl (C=O) groups excluding carboxylic acids is 1. The van der Waals surface area contributed by atoms with Crippen LogP contribution in [0.25, 0.3) is 0 Å². The summed E-state index contributed by atoms with van der Waals surface area (Å²) in [6.45, 7) is 8.20. The zero-order valence-electron chi connectivity index (χ0n) is 12.1. The van der Waals surface area contributed by atoms with Crippen LogP contribution in [0.5, 0.6) is 0 Å².